The fourth-order valence-electron chi connectivity index (χ4n) is 3.18. The number of benzene rings is 1. The van der Waals surface area contributed by atoms with Gasteiger partial charge >= 0.3 is 0 Å². The maximum atomic E-state index is 13.8. The molecule has 122 valence electrons. The summed E-state index contributed by atoms with van der Waals surface area (Å²) in [6.45, 7) is 1.41. The number of carbonyl (C=O) groups excluding carboxylic acids is 1. The summed E-state index contributed by atoms with van der Waals surface area (Å²) >= 11 is 5.76. The van der Waals surface area contributed by atoms with E-state index < -0.39 is 5.82 Å². The highest BCUT2D eigenvalue weighted by Crippen LogP contribution is 2.36. The van der Waals surface area contributed by atoms with Gasteiger partial charge in [0.2, 0.25) is 0 Å². The van der Waals surface area contributed by atoms with Gasteiger partial charge in [0.1, 0.15) is 5.82 Å². The van der Waals surface area contributed by atoms with Gasteiger partial charge < -0.3 is 9.73 Å². The van der Waals surface area contributed by atoms with Crippen molar-refractivity contribution in [2.45, 2.75) is 12.5 Å². The number of hydrogen-bond donors (Lipinski definition) is 1. The van der Waals surface area contributed by atoms with Gasteiger partial charge in [0.15, 0.2) is 5.76 Å². The molecule has 2 atom stereocenters. The number of nitrogens with one attached hydrogen (secondary N) is 1. The van der Waals surface area contributed by atoms with Crippen LogP contribution in [0.3, 0.4) is 0 Å². The molecule has 23 heavy (non-hydrogen) atoms. The molecule has 1 saturated heterocycles. The Morgan fingerprint density at radius 2 is 2.30 bits per heavy atom. The second-order valence-corrected chi connectivity index (χ2v) is 6.24. The van der Waals surface area contributed by atoms with E-state index in [1.807, 2.05) is 13.1 Å². The first-order valence-electron chi connectivity index (χ1n) is 7.53. The van der Waals surface area contributed by atoms with Crippen LogP contribution in [0.1, 0.15) is 28.6 Å². The van der Waals surface area contributed by atoms with Crippen molar-refractivity contribution in [3.63, 3.8) is 0 Å². The van der Waals surface area contributed by atoms with Gasteiger partial charge in [-0.3, -0.25) is 9.69 Å². The number of hydrogen-bond acceptors (Lipinski definition) is 3. The van der Waals surface area contributed by atoms with Crippen molar-refractivity contribution in [3.05, 3.63) is 58.8 Å². The van der Waals surface area contributed by atoms with Crippen LogP contribution < -0.4 is 5.32 Å². The molecule has 2 aromatic rings. The number of amides is 1. The van der Waals surface area contributed by atoms with E-state index in [0.29, 0.717) is 12.3 Å². The highest BCUT2D eigenvalue weighted by Gasteiger charge is 2.33. The number of likely N-dealkylation sites (tertiary alicyclic amines) is 1. The fraction of sp³-hybridized carbons (Fsp3) is 0.353. The highest BCUT2D eigenvalue weighted by molar-refractivity contribution is 6.30. The Morgan fingerprint density at radius 1 is 1.48 bits per heavy atom. The minimum atomic E-state index is -0.414. The number of nitrogens with zero attached hydrogens (tertiary/aromatic N) is 1. The Morgan fingerprint density at radius 3 is 3.00 bits per heavy atom. The number of halogens is 2. The molecule has 1 amide bonds. The minimum Gasteiger partial charge on any atom is -0.459 e. The van der Waals surface area contributed by atoms with Crippen LogP contribution in [-0.2, 0) is 0 Å². The van der Waals surface area contributed by atoms with Gasteiger partial charge in [0.05, 0.1) is 11.3 Å². The first-order chi connectivity index (χ1) is 11.1. The molecule has 1 N–H and O–H groups in total. The van der Waals surface area contributed by atoms with E-state index in [-0.39, 0.29) is 22.9 Å². The molecule has 3 rings (SSSR count). The van der Waals surface area contributed by atoms with Crippen LogP contribution in [0.15, 0.2) is 41.0 Å². The molecule has 6 heteroatoms. The summed E-state index contributed by atoms with van der Waals surface area (Å²) in [5, 5.41) is 3.02. The van der Waals surface area contributed by atoms with Crippen LogP contribution in [0.4, 0.5) is 4.39 Å². The molecular formula is C17H18ClFN2O2. The van der Waals surface area contributed by atoms with Gasteiger partial charge in [0.25, 0.3) is 5.91 Å². The van der Waals surface area contributed by atoms with E-state index in [9.17, 15) is 9.18 Å². The molecule has 1 aromatic carbocycles. The molecule has 4 nitrogen and oxygen atoms in total. The summed E-state index contributed by atoms with van der Waals surface area (Å²) < 4.78 is 18.8. The van der Waals surface area contributed by atoms with Crippen molar-refractivity contribution in [2.24, 2.45) is 5.92 Å². The smallest absolute Gasteiger partial charge is 0.286 e. The number of furan rings is 1. The van der Waals surface area contributed by atoms with Crippen LogP contribution in [0.25, 0.3) is 0 Å². The van der Waals surface area contributed by atoms with Crippen molar-refractivity contribution in [1.29, 1.82) is 0 Å². The lowest BCUT2D eigenvalue weighted by atomic mass is 9.93. The standard InChI is InChI=1S/C17H18ClFN2O2/c1-21-7-6-12(10-20-17(22)15-3-2-8-23-15)16(21)11-4-5-13(18)14(19)9-11/h2-5,8-9,12,16H,6-7,10H2,1H3,(H,20,22). The van der Waals surface area contributed by atoms with Crippen LogP contribution in [-0.4, -0.2) is 30.9 Å². The van der Waals surface area contributed by atoms with Crippen LogP contribution >= 0.6 is 11.6 Å². The Bertz CT molecular complexity index is 690. The molecule has 2 heterocycles. The van der Waals surface area contributed by atoms with Crippen LogP contribution in [0.5, 0.6) is 0 Å². The average Bonchev–Trinajstić information content (AvgIpc) is 3.18. The van der Waals surface area contributed by atoms with Crippen molar-refractivity contribution in [1.82, 2.24) is 10.2 Å². The lowest BCUT2D eigenvalue weighted by Crippen LogP contribution is -2.32. The topological polar surface area (TPSA) is 45.5 Å². The van der Waals surface area contributed by atoms with Gasteiger partial charge in [-0.1, -0.05) is 17.7 Å². The first kappa shape index (κ1) is 16.0. The summed E-state index contributed by atoms with van der Waals surface area (Å²) in [5.74, 6) is -0.140. The zero-order valence-electron chi connectivity index (χ0n) is 12.8. The van der Waals surface area contributed by atoms with Gasteiger partial charge in [0, 0.05) is 12.6 Å². The molecule has 0 radical (unpaired) electrons. The molecule has 0 saturated carbocycles. The van der Waals surface area contributed by atoms with Gasteiger partial charge in [-0.05, 0) is 55.8 Å². The highest BCUT2D eigenvalue weighted by atomic mass is 35.5. The second-order valence-electron chi connectivity index (χ2n) is 5.84. The molecular weight excluding hydrogens is 319 g/mol. The quantitative estimate of drug-likeness (QED) is 0.929. The molecule has 0 bridgehead atoms. The first-order valence-corrected chi connectivity index (χ1v) is 7.91. The third-order valence-corrected chi connectivity index (χ3v) is 4.64. The third kappa shape index (κ3) is 3.41. The molecule has 0 aliphatic carbocycles. The minimum absolute atomic E-state index is 0.0543. The Hall–Kier alpha value is -1.85. The van der Waals surface area contributed by atoms with Gasteiger partial charge in [-0.25, -0.2) is 4.39 Å². The largest absolute Gasteiger partial charge is 0.459 e. The Labute approximate surface area is 139 Å². The van der Waals surface area contributed by atoms with Gasteiger partial charge in [-0.2, -0.15) is 0 Å². The lowest BCUT2D eigenvalue weighted by molar-refractivity contribution is 0.0916. The average molecular weight is 337 g/mol. The molecule has 1 fully saturated rings. The summed E-state index contributed by atoms with van der Waals surface area (Å²) in [5.41, 5.74) is 0.879. The Balaban J connectivity index is 1.71. The zero-order chi connectivity index (χ0) is 16.4. The lowest BCUT2D eigenvalue weighted by Gasteiger charge is -2.26. The van der Waals surface area contributed by atoms with E-state index >= 15 is 0 Å². The van der Waals surface area contributed by atoms with E-state index in [0.717, 1.165) is 18.5 Å². The van der Waals surface area contributed by atoms with Crippen LogP contribution in [0.2, 0.25) is 5.02 Å². The molecule has 1 aliphatic rings. The molecule has 1 aliphatic heterocycles. The van der Waals surface area contributed by atoms with E-state index in [2.05, 4.69) is 10.2 Å². The fourth-order valence-corrected chi connectivity index (χ4v) is 3.30. The second kappa shape index (κ2) is 6.72. The number of carbonyl (C=O) groups is 1. The monoisotopic (exact) mass is 336 g/mol. The van der Waals surface area contributed by atoms with E-state index in [1.54, 1.807) is 18.2 Å². The van der Waals surface area contributed by atoms with Crippen molar-refractivity contribution < 1.29 is 13.6 Å². The maximum Gasteiger partial charge on any atom is 0.286 e. The third-order valence-electron chi connectivity index (χ3n) is 4.33. The summed E-state index contributed by atoms with van der Waals surface area (Å²) in [6.07, 6.45) is 2.40. The normalized spacial score (nSPS) is 21.5. The summed E-state index contributed by atoms with van der Waals surface area (Å²) in [6, 6.07) is 8.27. The molecule has 2 unspecified atom stereocenters. The maximum absolute atomic E-state index is 13.8. The zero-order valence-corrected chi connectivity index (χ0v) is 13.5. The van der Waals surface area contributed by atoms with Crippen molar-refractivity contribution in [2.75, 3.05) is 20.1 Å². The molecule has 1 aromatic heterocycles. The predicted molar refractivity (Wildman–Crippen MR) is 85.9 cm³/mol. The molecule has 0 spiro atoms. The van der Waals surface area contributed by atoms with Crippen molar-refractivity contribution in [3.8, 4) is 0 Å². The SMILES string of the molecule is CN1CCC(CNC(=O)c2ccco2)C1c1ccc(Cl)c(F)c1. The van der Waals surface area contributed by atoms with Crippen molar-refractivity contribution >= 4 is 17.5 Å². The Kier molecular flexibility index (Phi) is 4.68. The number of rotatable bonds is 4. The van der Waals surface area contributed by atoms with Gasteiger partial charge in [-0.15, -0.1) is 0 Å². The van der Waals surface area contributed by atoms with Crippen LogP contribution in [0, 0.1) is 11.7 Å². The predicted octanol–water partition coefficient (Wildman–Crippen LogP) is 3.49. The van der Waals surface area contributed by atoms with E-state index in [1.165, 1.54) is 12.3 Å². The van der Waals surface area contributed by atoms with E-state index in [4.69, 9.17) is 16.0 Å². The summed E-state index contributed by atoms with van der Waals surface area (Å²) in [4.78, 5) is 14.2. The summed E-state index contributed by atoms with van der Waals surface area (Å²) in [7, 11) is 2.01.